The van der Waals surface area contributed by atoms with Crippen LogP contribution in [0.15, 0.2) is 18.3 Å². The molecule has 1 aromatic heterocycles. The van der Waals surface area contributed by atoms with E-state index in [1.807, 2.05) is 13.1 Å². The van der Waals surface area contributed by atoms with Crippen LogP contribution in [0.3, 0.4) is 0 Å². The van der Waals surface area contributed by atoms with Gasteiger partial charge < -0.3 is 10.6 Å². The SMILES string of the molecule is CCC1(CC)CCN(c2ccc([C@H](C)N)nc2)CC1. The Balaban J connectivity index is 2.01. The molecule has 2 heterocycles. The summed E-state index contributed by atoms with van der Waals surface area (Å²) in [5.74, 6) is 0. The Morgan fingerprint density at radius 1 is 1.26 bits per heavy atom. The van der Waals surface area contributed by atoms with Gasteiger partial charge in [0.2, 0.25) is 0 Å². The van der Waals surface area contributed by atoms with Gasteiger partial charge in [0.15, 0.2) is 0 Å². The summed E-state index contributed by atoms with van der Waals surface area (Å²) in [6.07, 6.45) is 7.19. The number of hydrogen-bond acceptors (Lipinski definition) is 3. The molecule has 0 bridgehead atoms. The number of hydrogen-bond donors (Lipinski definition) is 1. The van der Waals surface area contributed by atoms with E-state index in [0.29, 0.717) is 5.41 Å². The van der Waals surface area contributed by atoms with Crippen LogP contribution in [0, 0.1) is 5.41 Å². The first-order valence-corrected chi connectivity index (χ1v) is 7.57. The van der Waals surface area contributed by atoms with Gasteiger partial charge >= 0.3 is 0 Å². The van der Waals surface area contributed by atoms with Gasteiger partial charge in [-0.2, -0.15) is 0 Å². The van der Waals surface area contributed by atoms with E-state index < -0.39 is 0 Å². The lowest BCUT2D eigenvalue weighted by Crippen LogP contribution is -2.39. The zero-order valence-electron chi connectivity index (χ0n) is 12.5. The first kappa shape index (κ1) is 14.3. The van der Waals surface area contributed by atoms with Gasteiger partial charge in [-0.1, -0.05) is 26.7 Å². The molecule has 1 saturated heterocycles. The molecule has 0 amide bonds. The Bertz CT molecular complexity index is 383. The molecule has 0 unspecified atom stereocenters. The molecule has 1 fully saturated rings. The highest BCUT2D eigenvalue weighted by atomic mass is 15.1. The summed E-state index contributed by atoms with van der Waals surface area (Å²) in [4.78, 5) is 6.92. The van der Waals surface area contributed by atoms with Gasteiger partial charge in [0.1, 0.15) is 0 Å². The largest absolute Gasteiger partial charge is 0.370 e. The monoisotopic (exact) mass is 261 g/mol. The van der Waals surface area contributed by atoms with E-state index >= 15 is 0 Å². The van der Waals surface area contributed by atoms with Crippen molar-refractivity contribution in [3.63, 3.8) is 0 Å². The van der Waals surface area contributed by atoms with Gasteiger partial charge in [-0.15, -0.1) is 0 Å². The normalized spacial score (nSPS) is 20.3. The molecule has 0 radical (unpaired) electrons. The average molecular weight is 261 g/mol. The van der Waals surface area contributed by atoms with E-state index in [9.17, 15) is 0 Å². The molecule has 2 N–H and O–H groups in total. The molecule has 1 aromatic rings. The number of nitrogens with zero attached hydrogens (tertiary/aromatic N) is 2. The minimum Gasteiger partial charge on any atom is -0.370 e. The van der Waals surface area contributed by atoms with Crippen LogP contribution in [-0.2, 0) is 0 Å². The van der Waals surface area contributed by atoms with Crippen molar-refractivity contribution in [2.24, 2.45) is 11.1 Å². The molecule has 0 saturated carbocycles. The van der Waals surface area contributed by atoms with Crippen molar-refractivity contribution in [1.82, 2.24) is 4.98 Å². The molecule has 0 spiro atoms. The van der Waals surface area contributed by atoms with Crippen LogP contribution in [0.4, 0.5) is 5.69 Å². The van der Waals surface area contributed by atoms with Crippen LogP contribution >= 0.6 is 0 Å². The fourth-order valence-corrected chi connectivity index (χ4v) is 3.05. The number of rotatable bonds is 4. The average Bonchev–Trinajstić information content (AvgIpc) is 2.47. The van der Waals surface area contributed by atoms with E-state index in [2.05, 4.69) is 35.9 Å². The zero-order valence-corrected chi connectivity index (χ0v) is 12.5. The summed E-state index contributed by atoms with van der Waals surface area (Å²) in [5.41, 5.74) is 8.63. The molecule has 3 nitrogen and oxygen atoms in total. The third kappa shape index (κ3) is 3.08. The molecular formula is C16H27N3. The van der Waals surface area contributed by atoms with Crippen molar-refractivity contribution in [3.8, 4) is 0 Å². The van der Waals surface area contributed by atoms with E-state index in [4.69, 9.17) is 5.73 Å². The summed E-state index contributed by atoms with van der Waals surface area (Å²) in [6, 6.07) is 4.24. The highest BCUT2D eigenvalue weighted by Crippen LogP contribution is 2.38. The maximum Gasteiger partial charge on any atom is 0.0569 e. The number of anilines is 1. The smallest absolute Gasteiger partial charge is 0.0569 e. The van der Waals surface area contributed by atoms with Gasteiger partial charge in [-0.25, -0.2) is 0 Å². The Hall–Kier alpha value is -1.09. The molecule has 2 rings (SSSR count). The van der Waals surface area contributed by atoms with Gasteiger partial charge in [0, 0.05) is 19.1 Å². The van der Waals surface area contributed by atoms with E-state index in [-0.39, 0.29) is 6.04 Å². The molecular weight excluding hydrogens is 234 g/mol. The second-order valence-electron chi connectivity index (χ2n) is 5.92. The van der Waals surface area contributed by atoms with Crippen LogP contribution in [0.25, 0.3) is 0 Å². The molecule has 1 aliphatic rings. The number of piperidine rings is 1. The second-order valence-corrected chi connectivity index (χ2v) is 5.92. The lowest BCUT2D eigenvalue weighted by atomic mass is 9.74. The fourth-order valence-electron chi connectivity index (χ4n) is 3.05. The number of pyridine rings is 1. The van der Waals surface area contributed by atoms with Crippen molar-refractivity contribution in [3.05, 3.63) is 24.0 Å². The summed E-state index contributed by atoms with van der Waals surface area (Å²) in [5, 5.41) is 0. The first-order chi connectivity index (χ1) is 9.10. The molecule has 1 aliphatic heterocycles. The molecule has 1 atom stereocenters. The maximum atomic E-state index is 5.84. The second kappa shape index (κ2) is 5.91. The van der Waals surface area contributed by atoms with E-state index in [1.54, 1.807) is 0 Å². The van der Waals surface area contributed by atoms with Crippen molar-refractivity contribution in [2.45, 2.75) is 52.5 Å². The number of nitrogens with two attached hydrogens (primary N) is 1. The van der Waals surface area contributed by atoms with Crippen molar-refractivity contribution in [1.29, 1.82) is 0 Å². The van der Waals surface area contributed by atoms with E-state index in [1.165, 1.54) is 31.4 Å². The van der Waals surface area contributed by atoms with Gasteiger partial charge in [0.05, 0.1) is 17.6 Å². The van der Waals surface area contributed by atoms with Crippen molar-refractivity contribution >= 4 is 5.69 Å². The first-order valence-electron chi connectivity index (χ1n) is 7.57. The van der Waals surface area contributed by atoms with Gasteiger partial charge in [0.25, 0.3) is 0 Å². The minimum absolute atomic E-state index is 0.0169. The predicted octanol–water partition coefficient (Wildman–Crippen LogP) is 3.51. The van der Waals surface area contributed by atoms with Crippen LogP contribution in [0.5, 0.6) is 0 Å². The van der Waals surface area contributed by atoms with Crippen LogP contribution in [0.2, 0.25) is 0 Å². The van der Waals surface area contributed by atoms with Crippen LogP contribution in [-0.4, -0.2) is 18.1 Å². The topological polar surface area (TPSA) is 42.1 Å². The van der Waals surface area contributed by atoms with Crippen LogP contribution < -0.4 is 10.6 Å². The Morgan fingerprint density at radius 2 is 1.89 bits per heavy atom. The fraction of sp³-hybridized carbons (Fsp3) is 0.688. The Labute approximate surface area is 117 Å². The highest BCUT2D eigenvalue weighted by molar-refractivity contribution is 5.45. The minimum atomic E-state index is 0.0169. The lowest BCUT2D eigenvalue weighted by Gasteiger charge is -2.41. The molecule has 3 heteroatoms. The standard InChI is InChI=1S/C16H27N3/c1-4-16(5-2)8-10-19(11-9-16)14-6-7-15(13(3)17)18-12-14/h6-7,12-13H,4-5,8-11,17H2,1-3H3/t13-/m0/s1. The quantitative estimate of drug-likeness (QED) is 0.902. The van der Waals surface area contributed by atoms with Gasteiger partial charge in [-0.05, 0) is 37.3 Å². The lowest BCUT2D eigenvalue weighted by molar-refractivity contribution is 0.199. The summed E-state index contributed by atoms with van der Waals surface area (Å²) in [7, 11) is 0. The summed E-state index contributed by atoms with van der Waals surface area (Å²) < 4.78 is 0. The highest BCUT2D eigenvalue weighted by Gasteiger charge is 2.31. The van der Waals surface area contributed by atoms with Crippen molar-refractivity contribution < 1.29 is 0 Å². The summed E-state index contributed by atoms with van der Waals surface area (Å²) >= 11 is 0. The predicted molar refractivity (Wildman–Crippen MR) is 81.3 cm³/mol. The maximum absolute atomic E-state index is 5.84. The summed E-state index contributed by atoms with van der Waals surface area (Å²) in [6.45, 7) is 8.94. The third-order valence-corrected chi connectivity index (χ3v) is 4.93. The third-order valence-electron chi connectivity index (χ3n) is 4.93. The zero-order chi connectivity index (χ0) is 13.9. The molecule has 19 heavy (non-hydrogen) atoms. The molecule has 0 aromatic carbocycles. The van der Waals surface area contributed by atoms with Gasteiger partial charge in [-0.3, -0.25) is 4.98 Å². The molecule has 0 aliphatic carbocycles. The number of aromatic nitrogens is 1. The van der Waals surface area contributed by atoms with Crippen LogP contribution in [0.1, 0.15) is 58.2 Å². The van der Waals surface area contributed by atoms with Crippen molar-refractivity contribution in [2.75, 3.05) is 18.0 Å². The Morgan fingerprint density at radius 3 is 2.32 bits per heavy atom. The molecule has 106 valence electrons. The van der Waals surface area contributed by atoms with E-state index in [0.717, 1.165) is 18.8 Å². The Kier molecular flexibility index (Phi) is 4.46.